The topological polar surface area (TPSA) is 118 Å². The highest BCUT2D eigenvalue weighted by Crippen LogP contribution is 2.27. The number of hydrogen-bond donors (Lipinski definition) is 3. The van der Waals surface area contributed by atoms with Crippen molar-refractivity contribution in [3.05, 3.63) is 53.4 Å². The van der Waals surface area contributed by atoms with Gasteiger partial charge in [0.1, 0.15) is 12.1 Å². The summed E-state index contributed by atoms with van der Waals surface area (Å²) in [6.07, 6.45) is 4.21. The van der Waals surface area contributed by atoms with E-state index in [2.05, 4.69) is 10.3 Å². The Balaban J connectivity index is 1.63. The van der Waals surface area contributed by atoms with Crippen LogP contribution in [0.15, 0.2) is 42.2 Å². The van der Waals surface area contributed by atoms with Crippen LogP contribution in [0.4, 0.5) is 0 Å². The van der Waals surface area contributed by atoms with E-state index in [1.54, 1.807) is 16.2 Å². The molecule has 2 heterocycles. The third-order valence-corrected chi connectivity index (χ3v) is 6.71. The molecule has 2 atom stereocenters. The molecule has 2 amide bonds. The van der Waals surface area contributed by atoms with Crippen LogP contribution in [0.25, 0.3) is 10.4 Å². The molecule has 1 aromatic heterocycles. The molecule has 0 spiro atoms. The summed E-state index contributed by atoms with van der Waals surface area (Å²) < 4.78 is 0. The van der Waals surface area contributed by atoms with Crippen molar-refractivity contribution in [2.75, 3.05) is 6.54 Å². The van der Waals surface area contributed by atoms with Gasteiger partial charge in [-0.05, 0) is 36.8 Å². The van der Waals surface area contributed by atoms with Gasteiger partial charge in [0.2, 0.25) is 11.8 Å². The van der Waals surface area contributed by atoms with Crippen LogP contribution in [0.1, 0.15) is 37.9 Å². The van der Waals surface area contributed by atoms with Gasteiger partial charge in [0.15, 0.2) is 0 Å². The minimum Gasteiger partial charge on any atom is -0.403 e. The third-order valence-electron chi connectivity index (χ3n) is 5.73. The molecule has 3 rings (SSSR count). The van der Waals surface area contributed by atoms with Gasteiger partial charge in [-0.2, -0.15) is 0 Å². The summed E-state index contributed by atoms with van der Waals surface area (Å²) in [5.41, 5.74) is 10.4. The predicted octanol–water partition coefficient (Wildman–Crippen LogP) is 2.36. The van der Waals surface area contributed by atoms with E-state index in [1.807, 2.05) is 50.5 Å². The van der Waals surface area contributed by atoms with E-state index in [0.29, 0.717) is 19.5 Å². The molecule has 9 heteroatoms. The van der Waals surface area contributed by atoms with Crippen LogP contribution in [-0.2, 0) is 16.1 Å². The highest BCUT2D eigenvalue weighted by atomic mass is 32.1. The van der Waals surface area contributed by atoms with E-state index >= 15 is 0 Å². The zero-order valence-corrected chi connectivity index (χ0v) is 19.6. The number of amides is 2. The molecule has 2 unspecified atom stereocenters. The molecule has 0 radical (unpaired) electrons. The Labute approximate surface area is 193 Å². The first-order valence-corrected chi connectivity index (χ1v) is 11.7. The summed E-state index contributed by atoms with van der Waals surface area (Å²) >= 11 is 1.61. The van der Waals surface area contributed by atoms with Crippen LogP contribution in [0.2, 0.25) is 0 Å². The number of carbonyl (C=O) groups excluding carboxylic acids is 2. The molecule has 1 saturated heterocycles. The second-order valence-electron chi connectivity index (χ2n) is 8.35. The Bertz CT molecular complexity index is 956. The van der Waals surface area contributed by atoms with Crippen molar-refractivity contribution < 1.29 is 9.59 Å². The Morgan fingerprint density at radius 3 is 2.66 bits per heavy atom. The van der Waals surface area contributed by atoms with E-state index < -0.39 is 12.1 Å². The minimum absolute atomic E-state index is 0.0336. The molecule has 8 nitrogen and oxygen atoms in total. The van der Waals surface area contributed by atoms with Crippen molar-refractivity contribution >= 4 is 23.2 Å². The number of aryl methyl sites for hydroxylation is 1. The van der Waals surface area contributed by atoms with Crippen molar-refractivity contribution in [1.82, 2.24) is 20.2 Å². The Hall–Kier alpha value is -2.91. The van der Waals surface area contributed by atoms with Crippen LogP contribution >= 0.6 is 11.3 Å². The monoisotopic (exact) mass is 456 g/mol. The standard InChI is InChI=1S/C23H32N6O2S/c1-15(2)20(29(25)12-10-24)23(31)28-11-4-5-19(28)22(30)26-13-17-6-8-18(9-7-17)21-16(3)27-14-32-21/h6-10,12,14-15,19-20H,4-5,11,13,24-25H2,1-3H3,(H,26,30)/b12-10-. The zero-order chi connectivity index (χ0) is 23.3. The molecule has 172 valence electrons. The van der Waals surface area contributed by atoms with Crippen molar-refractivity contribution in [3.8, 4) is 10.4 Å². The fourth-order valence-electron chi connectivity index (χ4n) is 4.08. The molecular formula is C23H32N6O2S. The van der Waals surface area contributed by atoms with Gasteiger partial charge < -0.3 is 21.0 Å². The maximum Gasteiger partial charge on any atom is 0.247 e. The molecule has 1 aromatic carbocycles. The van der Waals surface area contributed by atoms with Gasteiger partial charge in [0.05, 0.1) is 16.1 Å². The van der Waals surface area contributed by atoms with Gasteiger partial charge in [-0.25, -0.2) is 10.8 Å². The summed E-state index contributed by atoms with van der Waals surface area (Å²) in [7, 11) is 0. The summed E-state index contributed by atoms with van der Waals surface area (Å²) in [6, 6.07) is 7.03. The number of thiazole rings is 1. The van der Waals surface area contributed by atoms with Crippen molar-refractivity contribution in [1.29, 1.82) is 0 Å². The molecule has 5 N–H and O–H groups in total. The van der Waals surface area contributed by atoms with Gasteiger partial charge in [0, 0.05) is 25.5 Å². The lowest BCUT2D eigenvalue weighted by atomic mass is 10.0. The van der Waals surface area contributed by atoms with Crippen LogP contribution in [0, 0.1) is 12.8 Å². The second kappa shape index (κ2) is 10.6. The van der Waals surface area contributed by atoms with E-state index in [9.17, 15) is 9.59 Å². The lowest BCUT2D eigenvalue weighted by Gasteiger charge is -2.34. The fourth-order valence-corrected chi connectivity index (χ4v) is 4.89. The summed E-state index contributed by atoms with van der Waals surface area (Å²) in [6.45, 7) is 6.80. The Morgan fingerprint density at radius 1 is 1.34 bits per heavy atom. The van der Waals surface area contributed by atoms with E-state index in [0.717, 1.165) is 28.1 Å². The lowest BCUT2D eigenvalue weighted by Crippen LogP contribution is -2.55. The molecule has 2 aromatic rings. The Kier molecular flexibility index (Phi) is 7.87. The summed E-state index contributed by atoms with van der Waals surface area (Å²) in [4.78, 5) is 33.2. The van der Waals surface area contributed by atoms with Crippen molar-refractivity contribution in [2.45, 2.75) is 52.2 Å². The number of carbonyl (C=O) groups is 2. The highest BCUT2D eigenvalue weighted by molar-refractivity contribution is 7.13. The van der Waals surface area contributed by atoms with Gasteiger partial charge in [0.25, 0.3) is 0 Å². The molecule has 1 fully saturated rings. The quantitative estimate of drug-likeness (QED) is 0.415. The number of nitrogens with two attached hydrogens (primary N) is 2. The number of nitrogens with zero attached hydrogens (tertiary/aromatic N) is 3. The van der Waals surface area contributed by atoms with E-state index in [-0.39, 0.29) is 17.7 Å². The van der Waals surface area contributed by atoms with Gasteiger partial charge in [-0.1, -0.05) is 38.1 Å². The number of likely N-dealkylation sites (tertiary alicyclic amines) is 1. The molecule has 0 aliphatic carbocycles. The number of benzene rings is 1. The SMILES string of the molecule is Cc1ncsc1-c1ccc(CNC(=O)C2CCCN2C(=O)C(C(C)C)N(N)/C=C\N)cc1. The number of aromatic nitrogens is 1. The molecule has 1 aliphatic heterocycles. The molecule has 0 bridgehead atoms. The normalized spacial score (nSPS) is 17.2. The first-order valence-electron chi connectivity index (χ1n) is 10.8. The first-order chi connectivity index (χ1) is 15.3. The van der Waals surface area contributed by atoms with Crippen LogP contribution in [-0.4, -0.2) is 45.3 Å². The van der Waals surface area contributed by atoms with Gasteiger partial charge in [-0.3, -0.25) is 9.59 Å². The third kappa shape index (κ3) is 5.28. The highest BCUT2D eigenvalue weighted by Gasteiger charge is 2.39. The van der Waals surface area contributed by atoms with E-state index in [1.165, 1.54) is 17.4 Å². The molecule has 32 heavy (non-hydrogen) atoms. The predicted molar refractivity (Wildman–Crippen MR) is 127 cm³/mol. The van der Waals surface area contributed by atoms with Crippen molar-refractivity contribution in [3.63, 3.8) is 0 Å². The maximum absolute atomic E-state index is 13.2. The van der Waals surface area contributed by atoms with Crippen LogP contribution < -0.4 is 16.9 Å². The van der Waals surface area contributed by atoms with E-state index in [4.69, 9.17) is 11.6 Å². The van der Waals surface area contributed by atoms with Gasteiger partial charge in [-0.15, -0.1) is 11.3 Å². The van der Waals surface area contributed by atoms with Crippen LogP contribution in [0.5, 0.6) is 0 Å². The lowest BCUT2D eigenvalue weighted by molar-refractivity contribution is -0.143. The van der Waals surface area contributed by atoms with Crippen LogP contribution in [0.3, 0.4) is 0 Å². The second-order valence-corrected chi connectivity index (χ2v) is 9.20. The number of rotatable bonds is 8. The summed E-state index contributed by atoms with van der Waals surface area (Å²) in [5.74, 6) is 5.70. The fraction of sp³-hybridized carbons (Fsp3) is 0.435. The number of hydrazine groups is 1. The minimum atomic E-state index is -0.578. The smallest absolute Gasteiger partial charge is 0.247 e. The average Bonchev–Trinajstić information content (AvgIpc) is 3.41. The average molecular weight is 457 g/mol. The Morgan fingerprint density at radius 2 is 2.06 bits per heavy atom. The van der Waals surface area contributed by atoms with Gasteiger partial charge >= 0.3 is 0 Å². The largest absolute Gasteiger partial charge is 0.403 e. The maximum atomic E-state index is 13.2. The molecular weight excluding hydrogens is 424 g/mol. The zero-order valence-electron chi connectivity index (χ0n) is 18.8. The van der Waals surface area contributed by atoms with Crippen molar-refractivity contribution in [2.24, 2.45) is 17.5 Å². The number of hydrogen-bond acceptors (Lipinski definition) is 7. The molecule has 0 saturated carbocycles. The first kappa shape index (κ1) is 23.7. The summed E-state index contributed by atoms with van der Waals surface area (Å²) in [5, 5.41) is 4.32. The number of nitrogens with one attached hydrogen (secondary N) is 1. The molecule has 1 aliphatic rings.